The minimum absolute atomic E-state index is 0.0349. The first-order valence-electron chi connectivity index (χ1n) is 7.04. The van der Waals surface area contributed by atoms with Crippen LogP contribution in [0.25, 0.3) is 0 Å². The molecule has 0 atom stereocenters. The Labute approximate surface area is 138 Å². The maximum Gasteiger partial charge on any atom is 0.305 e. The molecular weight excluding hydrogens is 329 g/mol. The lowest BCUT2D eigenvalue weighted by molar-refractivity contribution is -0.137. The third-order valence-electron chi connectivity index (χ3n) is 3.62. The van der Waals surface area contributed by atoms with Crippen LogP contribution in [0.5, 0.6) is 0 Å². The van der Waals surface area contributed by atoms with Crippen LogP contribution in [0.2, 0.25) is 10.0 Å². The van der Waals surface area contributed by atoms with Gasteiger partial charge in [0.25, 0.3) is 5.91 Å². The predicted molar refractivity (Wildman–Crippen MR) is 83.6 cm³/mol. The SMILES string of the molecule is O=C(O)CCN(C(=O)c1ccc(Cl)cc1Cl)C1CCOCC1. The number of carbonyl (C=O) groups is 2. The molecule has 0 bridgehead atoms. The van der Waals surface area contributed by atoms with Crippen molar-refractivity contribution >= 4 is 35.1 Å². The van der Waals surface area contributed by atoms with Crippen LogP contribution in [-0.2, 0) is 9.53 Å². The summed E-state index contributed by atoms with van der Waals surface area (Å²) in [5.41, 5.74) is 0.336. The van der Waals surface area contributed by atoms with Gasteiger partial charge in [-0.05, 0) is 31.0 Å². The molecule has 1 aromatic rings. The number of ether oxygens (including phenoxy) is 1. The molecule has 0 radical (unpaired) electrons. The number of aliphatic carboxylic acids is 1. The summed E-state index contributed by atoms with van der Waals surface area (Å²) in [5.74, 6) is -1.21. The van der Waals surface area contributed by atoms with Crippen molar-refractivity contribution in [1.29, 1.82) is 0 Å². The van der Waals surface area contributed by atoms with Crippen molar-refractivity contribution in [1.82, 2.24) is 4.90 Å². The van der Waals surface area contributed by atoms with E-state index in [9.17, 15) is 9.59 Å². The fraction of sp³-hybridized carbons (Fsp3) is 0.467. The van der Waals surface area contributed by atoms with Crippen molar-refractivity contribution in [3.8, 4) is 0 Å². The van der Waals surface area contributed by atoms with Gasteiger partial charge in [0.05, 0.1) is 17.0 Å². The topological polar surface area (TPSA) is 66.8 Å². The Hall–Kier alpha value is -1.30. The minimum Gasteiger partial charge on any atom is -0.481 e. The summed E-state index contributed by atoms with van der Waals surface area (Å²) in [6.45, 7) is 1.28. The molecule has 1 saturated heterocycles. The van der Waals surface area contributed by atoms with Gasteiger partial charge in [-0.15, -0.1) is 0 Å². The fourth-order valence-corrected chi connectivity index (χ4v) is 2.97. The molecule has 1 heterocycles. The van der Waals surface area contributed by atoms with Gasteiger partial charge in [0.1, 0.15) is 0 Å². The van der Waals surface area contributed by atoms with E-state index in [-0.39, 0.29) is 29.9 Å². The van der Waals surface area contributed by atoms with Crippen molar-refractivity contribution in [2.24, 2.45) is 0 Å². The lowest BCUT2D eigenvalue weighted by Crippen LogP contribution is -2.44. The van der Waals surface area contributed by atoms with Crippen LogP contribution in [0.4, 0.5) is 0 Å². The van der Waals surface area contributed by atoms with E-state index in [1.165, 1.54) is 6.07 Å². The van der Waals surface area contributed by atoms with Gasteiger partial charge in [0.2, 0.25) is 0 Å². The molecule has 0 saturated carbocycles. The van der Waals surface area contributed by atoms with Crippen molar-refractivity contribution in [2.75, 3.05) is 19.8 Å². The summed E-state index contributed by atoms with van der Waals surface area (Å²) in [4.78, 5) is 25.2. The highest BCUT2D eigenvalue weighted by Crippen LogP contribution is 2.25. The Morgan fingerprint density at radius 3 is 2.55 bits per heavy atom. The molecule has 1 amide bonds. The number of hydrogen-bond donors (Lipinski definition) is 1. The molecule has 1 N–H and O–H groups in total. The first-order valence-corrected chi connectivity index (χ1v) is 7.80. The summed E-state index contributed by atoms with van der Waals surface area (Å²) in [6.07, 6.45) is 1.28. The van der Waals surface area contributed by atoms with Gasteiger partial charge in [-0.3, -0.25) is 9.59 Å². The molecular formula is C15H17Cl2NO4. The molecule has 5 nitrogen and oxygen atoms in total. The Kier molecular flexibility index (Phi) is 6.06. The average Bonchev–Trinajstić information content (AvgIpc) is 2.48. The van der Waals surface area contributed by atoms with E-state index in [1.54, 1.807) is 17.0 Å². The molecule has 7 heteroatoms. The number of carbonyl (C=O) groups excluding carboxylic acids is 1. The predicted octanol–water partition coefficient (Wildman–Crippen LogP) is 3.09. The summed E-state index contributed by atoms with van der Waals surface area (Å²) in [6, 6.07) is 4.64. The van der Waals surface area contributed by atoms with Crippen molar-refractivity contribution < 1.29 is 19.4 Å². The summed E-state index contributed by atoms with van der Waals surface area (Å²) in [7, 11) is 0. The van der Waals surface area contributed by atoms with Gasteiger partial charge >= 0.3 is 5.97 Å². The molecule has 1 aliphatic heterocycles. The maximum absolute atomic E-state index is 12.8. The van der Waals surface area contributed by atoms with Crippen LogP contribution in [0.15, 0.2) is 18.2 Å². The Balaban J connectivity index is 2.21. The molecule has 0 aromatic heterocycles. The molecule has 1 aromatic carbocycles. The van der Waals surface area contributed by atoms with Gasteiger partial charge in [-0.25, -0.2) is 0 Å². The van der Waals surface area contributed by atoms with E-state index in [0.29, 0.717) is 36.6 Å². The van der Waals surface area contributed by atoms with E-state index < -0.39 is 5.97 Å². The molecule has 22 heavy (non-hydrogen) atoms. The lowest BCUT2D eigenvalue weighted by atomic mass is 10.0. The van der Waals surface area contributed by atoms with Crippen LogP contribution in [0.3, 0.4) is 0 Å². The number of hydrogen-bond acceptors (Lipinski definition) is 3. The van der Waals surface area contributed by atoms with Crippen molar-refractivity contribution in [3.05, 3.63) is 33.8 Å². The summed E-state index contributed by atoms with van der Waals surface area (Å²) in [5, 5.41) is 9.62. The van der Waals surface area contributed by atoms with E-state index in [2.05, 4.69) is 0 Å². The third-order valence-corrected chi connectivity index (χ3v) is 4.17. The van der Waals surface area contributed by atoms with E-state index >= 15 is 0 Å². The van der Waals surface area contributed by atoms with Gasteiger partial charge < -0.3 is 14.7 Å². The van der Waals surface area contributed by atoms with Crippen LogP contribution >= 0.6 is 23.2 Å². The van der Waals surface area contributed by atoms with E-state index in [0.717, 1.165) is 0 Å². The number of carboxylic acids is 1. The number of carboxylic acid groups (broad SMARTS) is 1. The molecule has 1 aliphatic rings. The zero-order valence-electron chi connectivity index (χ0n) is 11.9. The highest BCUT2D eigenvalue weighted by molar-refractivity contribution is 6.36. The second-order valence-corrected chi connectivity index (χ2v) is 5.95. The fourth-order valence-electron chi connectivity index (χ4n) is 2.48. The molecule has 0 unspecified atom stereocenters. The van der Waals surface area contributed by atoms with Crippen molar-refractivity contribution in [3.63, 3.8) is 0 Å². The van der Waals surface area contributed by atoms with Crippen LogP contribution in [0.1, 0.15) is 29.6 Å². The van der Waals surface area contributed by atoms with E-state index in [1.807, 2.05) is 0 Å². The minimum atomic E-state index is -0.938. The molecule has 0 spiro atoms. The first-order chi connectivity index (χ1) is 10.5. The normalized spacial score (nSPS) is 15.5. The second kappa shape index (κ2) is 7.81. The lowest BCUT2D eigenvalue weighted by Gasteiger charge is -2.34. The van der Waals surface area contributed by atoms with Gasteiger partial charge in [-0.2, -0.15) is 0 Å². The maximum atomic E-state index is 12.8. The number of benzene rings is 1. The number of amides is 1. The van der Waals surface area contributed by atoms with E-state index in [4.69, 9.17) is 33.0 Å². The van der Waals surface area contributed by atoms with Crippen molar-refractivity contribution in [2.45, 2.75) is 25.3 Å². The smallest absolute Gasteiger partial charge is 0.305 e. The number of halogens is 2. The van der Waals surface area contributed by atoms with Gasteiger partial charge in [-0.1, -0.05) is 23.2 Å². The van der Waals surface area contributed by atoms with Crippen LogP contribution in [0, 0.1) is 0 Å². The molecule has 120 valence electrons. The van der Waals surface area contributed by atoms with Crippen LogP contribution < -0.4 is 0 Å². The summed E-state index contributed by atoms with van der Waals surface area (Å²) >= 11 is 11.9. The largest absolute Gasteiger partial charge is 0.481 e. The quantitative estimate of drug-likeness (QED) is 0.890. The highest BCUT2D eigenvalue weighted by Gasteiger charge is 2.28. The highest BCUT2D eigenvalue weighted by atomic mass is 35.5. The Morgan fingerprint density at radius 1 is 1.27 bits per heavy atom. The Bertz CT molecular complexity index is 558. The zero-order valence-corrected chi connectivity index (χ0v) is 13.4. The number of nitrogens with zero attached hydrogens (tertiary/aromatic N) is 1. The Morgan fingerprint density at radius 2 is 1.95 bits per heavy atom. The monoisotopic (exact) mass is 345 g/mol. The standard InChI is InChI=1S/C15H17Cl2NO4/c16-10-1-2-12(13(17)9-10)15(21)18(6-3-14(19)20)11-4-7-22-8-5-11/h1-2,9,11H,3-8H2,(H,19,20). The second-order valence-electron chi connectivity index (χ2n) is 5.11. The van der Waals surface area contributed by atoms with Gasteiger partial charge in [0.15, 0.2) is 0 Å². The average molecular weight is 346 g/mol. The van der Waals surface area contributed by atoms with Crippen LogP contribution in [-0.4, -0.2) is 47.7 Å². The zero-order chi connectivity index (χ0) is 16.1. The molecule has 2 rings (SSSR count). The number of rotatable bonds is 5. The molecule has 0 aliphatic carbocycles. The first kappa shape index (κ1) is 17.1. The molecule has 1 fully saturated rings. The van der Waals surface area contributed by atoms with Gasteiger partial charge in [0, 0.05) is 30.8 Å². The summed E-state index contributed by atoms with van der Waals surface area (Å²) < 4.78 is 5.30. The third kappa shape index (κ3) is 4.35.